The zero-order valence-electron chi connectivity index (χ0n) is 27.6. The van der Waals surface area contributed by atoms with Gasteiger partial charge in [-0.05, 0) is 91.4 Å². The smallest absolute Gasteiger partial charge is 0.312 e. The van der Waals surface area contributed by atoms with Gasteiger partial charge < -0.3 is 14.2 Å². The Labute approximate surface area is 268 Å². The fraction of sp³-hybridized carbons (Fsp3) is 0.350. The molecule has 236 valence electrons. The van der Waals surface area contributed by atoms with Crippen LogP contribution in [0.25, 0.3) is 65.4 Å². The van der Waals surface area contributed by atoms with E-state index in [2.05, 4.69) is 69.4 Å². The van der Waals surface area contributed by atoms with Crippen molar-refractivity contribution < 1.29 is 13.8 Å². The van der Waals surface area contributed by atoms with Crippen LogP contribution in [0.2, 0.25) is 0 Å². The van der Waals surface area contributed by atoms with Crippen LogP contribution in [0.15, 0.2) is 57.4 Å². The van der Waals surface area contributed by atoms with Crippen molar-refractivity contribution in [2.24, 2.45) is 0 Å². The third-order valence-corrected chi connectivity index (χ3v) is 9.66. The van der Waals surface area contributed by atoms with Crippen LogP contribution in [0.1, 0.15) is 80.5 Å². The lowest BCUT2D eigenvalue weighted by Gasteiger charge is -2.20. The lowest BCUT2D eigenvalue weighted by Crippen LogP contribution is -2.03. The molecule has 0 unspecified atom stereocenters. The van der Waals surface area contributed by atoms with Gasteiger partial charge in [-0.25, -0.2) is 0 Å². The number of hydrogen-bond acceptors (Lipinski definition) is 5. The largest absolute Gasteiger partial charge is 0.454 e. The molecule has 2 heterocycles. The van der Waals surface area contributed by atoms with Crippen LogP contribution >= 0.6 is 0 Å². The fourth-order valence-electron chi connectivity index (χ4n) is 7.63. The molecule has 1 N–H and O–H groups in total. The standard InChI is InChI=1S/C40H42N2O4/c1-6-7-8-9-10-11-12-13-18-41-31-16-14-27-34-30-22-24(3)20-26(5)38(30)46-40-32(42(43)44)17-15-28(36(34)40)33-29-21-23(2)19-25(4)37(29)45-39(31)35(27)33/h14-17,19-22,41H,6-13,18H2,1-5H3. The molecule has 0 amide bonds. The number of aryl methyl sites for hydroxylation is 4. The van der Waals surface area contributed by atoms with Crippen LogP contribution in [0.4, 0.5) is 11.4 Å². The Morgan fingerprint density at radius 2 is 1.13 bits per heavy atom. The first-order valence-electron chi connectivity index (χ1n) is 16.8. The van der Waals surface area contributed by atoms with Crippen LogP contribution in [-0.4, -0.2) is 11.5 Å². The van der Waals surface area contributed by atoms with Crippen molar-refractivity contribution in [1.82, 2.24) is 0 Å². The Morgan fingerprint density at radius 1 is 0.609 bits per heavy atom. The SMILES string of the molecule is CCCCCCCCCCNc1ccc2c3c1oc1c(C)cc(C)cc1c3c1ccc([N+](=O)[O-])c3oc4c(C)cc(C)cc4c2c31. The number of nitro groups is 1. The van der Waals surface area contributed by atoms with Crippen molar-refractivity contribution in [2.75, 3.05) is 11.9 Å². The maximum absolute atomic E-state index is 12.3. The zero-order valence-corrected chi connectivity index (χ0v) is 27.6. The molecule has 0 aliphatic carbocycles. The molecule has 6 heteroatoms. The van der Waals surface area contributed by atoms with Gasteiger partial charge >= 0.3 is 5.69 Å². The summed E-state index contributed by atoms with van der Waals surface area (Å²) in [5.41, 5.74) is 7.85. The molecule has 0 radical (unpaired) electrons. The Hall–Kier alpha value is -4.58. The van der Waals surface area contributed by atoms with Gasteiger partial charge in [-0.1, -0.05) is 70.1 Å². The molecule has 46 heavy (non-hydrogen) atoms. The van der Waals surface area contributed by atoms with E-state index in [0.717, 1.165) is 95.2 Å². The molecule has 0 saturated heterocycles. The van der Waals surface area contributed by atoms with Gasteiger partial charge in [0.1, 0.15) is 11.2 Å². The van der Waals surface area contributed by atoms with Gasteiger partial charge in [0.25, 0.3) is 0 Å². The highest BCUT2D eigenvalue weighted by Crippen LogP contribution is 2.49. The number of nitro benzene ring substituents is 1. The molecule has 0 atom stereocenters. The van der Waals surface area contributed by atoms with Gasteiger partial charge in [0.2, 0.25) is 5.58 Å². The van der Waals surface area contributed by atoms with Gasteiger partial charge in [0, 0.05) is 44.9 Å². The second-order valence-corrected chi connectivity index (χ2v) is 13.2. The summed E-state index contributed by atoms with van der Waals surface area (Å²) in [5.74, 6) is 0. The first-order chi connectivity index (χ1) is 22.3. The molecule has 7 rings (SSSR count). The molecule has 7 aromatic rings. The summed E-state index contributed by atoms with van der Waals surface area (Å²) in [5, 5.41) is 23.8. The molecule has 0 aliphatic heterocycles. The lowest BCUT2D eigenvalue weighted by molar-refractivity contribution is -0.383. The van der Waals surface area contributed by atoms with Crippen LogP contribution in [-0.2, 0) is 0 Å². The van der Waals surface area contributed by atoms with Crippen molar-refractivity contribution in [1.29, 1.82) is 0 Å². The van der Waals surface area contributed by atoms with Gasteiger partial charge in [0.05, 0.1) is 10.6 Å². The van der Waals surface area contributed by atoms with E-state index in [1.54, 1.807) is 6.07 Å². The van der Waals surface area contributed by atoms with Gasteiger partial charge in [-0.3, -0.25) is 10.1 Å². The van der Waals surface area contributed by atoms with Crippen molar-refractivity contribution >= 4 is 76.8 Å². The molecule has 6 nitrogen and oxygen atoms in total. The predicted octanol–water partition coefficient (Wildman–Crippen LogP) is 12.5. The molecule has 0 fully saturated rings. The van der Waals surface area contributed by atoms with E-state index < -0.39 is 0 Å². The highest BCUT2D eigenvalue weighted by Gasteiger charge is 2.26. The Bertz CT molecular complexity index is 2310. The lowest BCUT2D eigenvalue weighted by atomic mass is 9.88. The van der Waals surface area contributed by atoms with E-state index >= 15 is 0 Å². The number of unbranched alkanes of at least 4 members (excludes halogenated alkanes) is 7. The third kappa shape index (κ3) is 4.95. The summed E-state index contributed by atoms with van der Waals surface area (Å²) < 4.78 is 13.4. The molecule has 0 saturated carbocycles. The van der Waals surface area contributed by atoms with E-state index in [1.165, 1.54) is 44.9 Å². The molecule has 2 aromatic heterocycles. The number of nitrogens with zero attached hydrogens (tertiary/aromatic N) is 1. The number of fused-ring (bicyclic) bond motifs is 6. The summed E-state index contributed by atoms with van der Waals surface area (Å²) in [6.07, 6.45) is 10.2. The highest BCUT2D eigenvalue weighted by molar-refractivity contribution is 6.41. The Balaban J connectivity index is 1.50. The van der Waals surface area contributed by atoms with Gasteiger partial charge in [-0.2, -0.15) is 0 Å². The Kier molecular flexibility index (Phi) is 7.83. The molecule has 5 aromatic carbocycles. The average molecular weight is 615 g/mol. The van der Waals surface area contributed by atoms with Gasteiger partial charge in [-0.15, -0.1) is 0 Å². The summed E-state index contributed by atoms with van der Waals surface area (Å²) in [4.78, 5) is 12.0. The zero-order chi connectivity index (χ0) is 32.1. The van der Waals surface area contributed by atoms with E-state index in [9.17, 15) is 10.1 Å². The molecular weight excluding hydrogens is 572 g/mol. The summed E-state index contributed by atoms with van der Waals surface area (Å²) >= 11 is 0. The normalized spacial score (nSPS) is 12.1. The van der Waals surface area contributed by atoms with Crippen molar-refractivity contribution in [3.05, 3.63) is 80.9 Å². The van der Waals surface area contributed by atoms with Gasteiger partial charge in [0.15, 0.2) is 5.58 Å². The number of anilines is 1. The van der Waals surface area contributed by atoms with Crippen LogP contribution in [0.3, 0.4) is 0 Å². The summed E-state index contributed by atoms with van der Waals surface area (Å²) in [7, 11) is 0. The minimum Gasteiger partial charge on any atom is -0.454 e. The van der Waals surface area contributed by atoms with Crippen LogP contribution < -0.4 is 5.32 Å². The van der Waals surface area contributed by atoms with Crippen molar-refractivity contribution in [3.8, 4) is 0 Å². The third-order valence-electron chi connectivity index (χ3n) is 9.66. The number of hydrogen-bond donors (Lipinski definition) is 1. The fourth-order valence-corrected chi connectivity index (χ4v) is 7.63. The van der Waals surface area contributed by atoms with Crippen LogP contribution in [0.5, 0.6) is 0 Å². The number of nitrogens with one attached hydrogen (secondary N) is 1. The van der Waals surface area contributed by atoms with E-state index in [0.29, 0.717) is 11.2 Å². The molecular formula is C40H42N2O4. The first kappa shape index (κ1) is 30.1. The van der Waals surface area contributed by atoms with Crippen molar-refractivity contribution in [2.45, 2.75) is 86.0 Å². The quantitative estimate of drug-likeness (QED) is 0.0515. The predicted molar refractivity (Wildman–Crippen MR) is 193 cm³/mol. The molecule has 0 spiro atoms. The van der Waals surface area contributed by atoms with E-state index in [4.69, 9.17) is 8.83 Å². The topological polar surface area (TPSA) is 81.5 Å². The summed E-state index contributed by atoms with van der Waals surface area (Å²) in [6.45, 7) is 11.4. The number of benzene rings is 5. The van der Waals surface area contributed by atoms with Crippen molar-refractivity contribution in [3.63, 3.8) is 0 Å². The maximum Gasteiger partial charge on any atom is 0.312 e. The summed E-state index contributed by atoms with van der Waals surface area (Å²) in [6, 6.07) is 16.3. The van der Waals surface area contributed by atoms with E-state index in [-0.39, 0.29) is 10.6 Å². The average Bonchev–Trinajstić information content (AvgIpc) is 3.02. The second-order valence-electron chi connectivity index (χ2n) is 13.2. The second kappa shape index (κ2) is 12.0. The van der Waals surface area contributed by atoms with Crippen LogP contribution in [0, 0.1) is 37.8 Å². The minimum atomic E-state index is -0.336. The number of rotatable bonds is 11. The number of non-ortho nitro benzene ring substituents is 1. The Morgan fingerprint density at radius 3 is 1.72 bits per heavy atom. The first-order valence-corrected chi connectivity index (χ1v) is 16.8. The molecule has 0 bridgehead atoms. The molecule has 0 aliphatic rings. The minimum absolute atomic E-state index is 0.0255. The highest BCUT2D eigenvalue weighted by atomic mass is 16.6. The maximum atomic E-state index is 12.3. The van der Waals surface area contributed by atoms with E-state index in [1.807, 2.05) is 13.0 Å². The monoisotopic (exact) mass is 614 g/mol.